The minimum atomic E-state index is 0.500. The summed E-state index contributed by atoms with van der Waals surface area (Å²) in [6.07, 6.45) is 2.36. The van der Waals surface area contributed by atoms with Crippen LogP contribution >= 0.6 is 11.3 Å². The number of rotatable bonds is 6. The van der Waals surface area contributed by atoms with Crippen molar-refractivity contribution in [2.75, 3.05) is 11.9 Å². The standard InChI is InChI=1S/C16H23N3S/c1-4-8-12(2)19(3)16-18-15(14(11-17)20-16)13-9-6-5-7-10-13/h5-7,9-10,12H,4,8,11,17H2,1-3H3. The lowest BCUT2D eigenvalue weighted by molar-refractivity contribution is 0.615. The summed E-state index contributed by atoms with van der Waals surface area (Å²) in [5.41, 5.74) is 8.06. The van der Waals surface area contributed by atoms with E-state index < -0.39 is 0 Å². The van der Waals surface area contributed by atoms with Crippen molar-refractivity contribution in [3.8, 4) is 11.3 Å². The van der Waals surface area contributed by atoms with Gasteiger partial charge in [0, 0.05) is 30.1 Å². The Labute approximate surface area is 125 Å². The van der Waals surface area contributed by atoms with Crippen molar-refractivity contribution in [2.24, 2.45) is 5.73 Å². The van der Waals surface area contributed by atoms with Gasteiger partial charge in [-0.3, -0.25) is 0 Å². The Morgan fingerprint density at radius 1 is 1.30 bits per heavy atom. The first kappa shape index (κ1) is 15.0. The van der Waals surface area contributed by atoms with Gasteiger partial charge in [-0.05, 0) is 13.3 Å². The molecule has 0 amide bonds. The number of benzene rings is 1. The summed E-state index contributed by atoms with van der Waals surface area (Å²) in [5, 5.41) is 1.06. The Morgan fingerprint density at radius 2 is 2.00 bits per heavy atom. The van der Waals surface area contributed by atoms with Crippen molar-refractivity contribution in [1.82, 2.24) is 4.98 Å². The maximum atomic E-state index is 5.89. The van der Waals surface area contributed by atoms with Crippen molar-refractivity contribution in [3.63, 3.8) is 0 Å². The second-order valence-corrected chi connectivity index (χ2v) is 6.15. The van der Waals surface area contributed by atoms with Gasteiger partial charge in [-0.15, -0.1) is 0 Å². The predicted octanol–water partition coefficient (Wildman–Crippen LogP) is 3.89. The van der Waals surface area contributed by atoms with Gasteiger partial charge in [-0.25, -0.2) is 4.98 Å². The molecule has 1 aromatic carbocycles. The molecular formula is C16H23N3S. The average Bonchev–Trinajstić information content (AvgIpc) is 2.91. The Balaban J connectivity index is 2.32. The Kier molecular flexibility index (Phi) is 5.15. The Morgan fingerprint density at radius 3 is 2.60 bits per heavy atom. The molecule has 2 aromatic rings. The summed E-state index contributed by atoms with van der Waals surface area (Å²) in [6, 6.07) is 10.8. The van der Waals surface area contributed by atoms with Crippen LogP contribution in [0.3, 0.4) is 0 Å². The molecule has 1 atom stereocenters. The highest BCUT2D eigenvalue weighted by Crippen LogP contribution is 2.33. The summed E-state index contributed by atoms with van der Waals surface area (Å²) in [5.74, 6) is 0. The summed E-state index contributed by atoms with van der Waals surface area (Å²) in [7, 11) is 2.12. The quantitative estimate of drug-likeness (QED) is 0.877. The zero-order valence-electron chi connectivity index (χ0n) is 12.5. The van der Waals surface area contributed by atoms with Gasteiger partial charge in [-0.1, -0.05) is 55.0 Å². The van der Waals surface area contributed by atoms with Gasteiger partial charge in [0.15, 0.2) is 5.13 Å². The van der Waals surface area contributed by atoms with E-state index in [-0.39, 0.29) is 0 Å². The largest absolute Gasteiger partial charge is 0.348 e. The first-order valence-corrected chi connectivity index (χ1v) is 7.97. The molecule has 0 aliphatic rings. The maximum absolute atomic E-state index is 5.89. The van der Waals surface area contributed by atoms with Crippen LogP contribution in [0.25, 0.3) is 11.3 Å². The molecule has 0 saturated carbocycles. The van der Waals surface area contributed by atoms with Crippen LogP contribution < -0.4 is 10.6 Å². The number of aromatic nitrogens is 1. The summed E-state index contributed by atoms with van der Waals surface area (Å²) < 4.78 is 0. The van der Waals surface area contributed by atoms with Crippen molar-refractivity contribution in [2.45, 2.75) is 39.3 Å². The van der Waals surface area contributed by atoms with Gasteiger partial charge in [0.2, 0.25) is 0 Å². The molecule has 20 heavy (non-hydrogen) atoms. The fourth-order valence-electron chi connectivity index (χ4n) is 2.25. The average molecular weight is 289 g/mol. The highest BCUT2D eigenvalue weighted by atomic mass is 32.1. The van der Waals surface area contributed by atoms with Crippen molar-refractivity contribution in [1.29, 1.82) is 0 Å². The number of hydrogen-bond acceptors (Lipinski definition) is 4. The van der Waals surface area contributed by atoms with Gasteiger partial charge in [0.05, 0.1) is 5.69 Å². The van der Waals surface area contributed by atoms with Gasteiger partial charge in [0.25, 0.3) is 0 Å². The molecular weight excluding hydrogens is 266 g/mol. The highest BCUT2D eigenvalue weighted by molar-refractivity contribution is 7.16. The van der Waals surface area contributed by atoms with Crippen molar-refractivity contribution >= 4 is 16.5 Å². The molecule has 4 heteroatoms. The molecule has 2 rings (SSSR count). The zero-order chi connectivity index (χ0) is 14.5. The molecule has 0 radical (unpaired) electrons. The molecule has 108 valence electrons. The van der Waals surface area contributed by atoms with E-state index in [0.29, 0.717) is 12.6 Å². The molecule has 0 saturated heterocycles. The van der Waals surface area contributed by atoms with Crippen molar-refractivity contribution in [3.05, 3.63) is 35.2 Å². The summed E-state index contributed by atoms with van der Waals surface area (Å²) in [4.78, 5) is 8.24. The third kappa shape index (κ3) is 3.19. The number of nitrogens with zero attached hydrogens (tertiary/aromatic N) is 2. The molecule has 0 aliphatic carbocycles. The summed E-state index contributed by atoms with van der Waals surface area (Å²) >= 11 is 1.71. The lowest BCUT2D eigenvalue weighted by Gasteiger charge is -2.23. The van der Waals surface area contributed by atoms with E-state index in [1.807, 2.05) is 18.2 Å². The fourth-order valence-corrected chi connectivity index (χ4v) is 3.27. The van der Waals surface area contributed by atoms with Gasteiger partial charge in [-0.2, -0.15) is 0 Å². The van der Waals surface area contributed by atoms with E-state index in [0.717, 1.165) is 21.3 Å². The molecule has 2 N–H and O–H groups in total. The van der Waals surface area contributed by atoms with Crippen LogP contribution in [0.5, 0.6) is 0 Å². The molecule has 0 aliphatic heterocycles. The van der Waals surface area contributed by atoms with E-state index in [1.165, 1.54) is 12.8 Å². The normalized spacial score (nSPS) is 12.4. The minimum absolute atomic E-state index is 0.500. The van der Waals surface area contributed by atoms with E-state index in [9.17, 15) is 0 Å². The lowest BCUT2D eigenvalue weighted by atomic mass is 10.1. The van der Waals surface area contributed by atoms with E-state index >= 15 is 0 Å². The molecule has 0 fully saturated rings. The van der Waals surface area contributed by atoms with E-state index in [2.05, 4.69) is 37.9 Å². The third-order valence-electron chi connectivity index (χ3n) is 3.59. The molecule has 3 nitrogen and oxygen atoms in total. The second-order valence-electron chi connectivity index (χ2n) is 5.09. The highest BCUT2D eigenvalue weighted by Gasteiger charge is 2.17. The minimum Gasteiger partial charge on any atom is -0.348 e. The van der Waals surface area contributed by atoms with E-state index in [1.54, 1.807) is 11.3 Å². The molecule has 1 aromatic heterocycles. The number of hydrogen-bond donors (Lipinski definition) is 1. The fraction of sp³-hybridized carbons (Fsp3) is 0.438. The van der Waals surface area contributed by atoms with E-state index in [4.69, 9.17) is 10.7 Å². The first-order valence-electron chi connectivity index (χ1n) is 7.15. The molecule has 1 heterocycles. The van der Waals surface area contributed by atoms with Crippen LogP contribution in [0.2, 0.25) is 0 Å². The van der Waals surface area contributed by atoms with Crippen LogP contribution in [-0.4, -0.2) is 18.1 Å². The SMILES string of the molecule is CCCC(C)N(C)c1nc(-c2ccccc2)c(CN)s1. The molecule has 1 unspecified atom stereocenters. The smallest absolute Gasteiger partial charge is 0.186 e. The van der Waals surface area contributed by atoms with Crippen molar-refractivity contribution < 1.29 is 0 Å². The maximum Gasteiger partial charge on any atom is 0.186 e. The van der Waals surface area contributed by atoms with Crippen LogP contribution in [-0.2, 0) is 6.54 Å². The molecule has 0 spiro atoms. The third-order valence-corrected chi connectivity index (χ3v) is 4.76. The van der Waals surface area contributed by atoms with Crippen LogP contribution in [0.15, 0.2) is 30.3 Å². The zero-order valence-corrected chi connectivity index (χ0v) is 13.3. The van der Waals surface area contributed by atoms with Crippen LogP contribution in [0.1, 0.15) is 31.6 Å². The van der Waals surface area contributed by atoms with Crippen LogP contribution in [0.4, 0.5) is 5.13 Å². The number of anilines is 1. The number of thiazole rings is 1. The first-order chi connectivity index (χ1) is 9.67. The predicted molar refractivity (Wildman–Crippen MR) is 88.2 cm³/mol. The van der Waals surface area contributed by atoms with Crippen LogP contribution in [0, 0.1) is 0 Å². The lowest BCUT2D eigenvalue weighted by Crippen LogP contribution is -2.28. The Hall–Kier alpha value is -1.39. The van der Waals surface area contributed by atoms with Gasteiger partial charge < -0.3 is 10.6 Å². The second kappa shape index (κ2) is 6.86. The number of nitrogens with two attached hydrogens (primary N) is 1. The summed E-state index contributed by atoms with van der Waals surface area (Å²) in [6.45, 7) is 5.00. The Bertz CT molecular complexity index is 536. The topological polar surface area (TPSA) is 42.2 Å². The molecule has 0 bridgehead atoms. The van der Waals surface area contributed by atoms with Gasteiger partial charge >= 0.3 is 0 Å². The van der Waals surface area contributed by atoms with Gasteiger partial charge in [0.1, 0.15) is 0 Å². The monoisotopic (exact) mass is 289 g/mol.